The standard InChI is InChI=1S/C23H26Cl2N2O/c1-2-11-26-13-10-23-21(16-26)20-15-18(25)6-9-22(20)27(23)12-3-14-28-19-7-4-17(24)5-8-19/h4-9,15H,2-3,10-14,16H2,1H3. The molecule has 0 aliphatic carbocycles. The maximum Gasteiger partial charge on any atom is 0.119 e. The average molecular weight is 417 g/mol. The summed E-state index contributed by atoms with van der Waals surface area (Å²) in [4.78, 5) is 2.55. The molecule has 0 fully saturated rings. The first-order valence-electron chi connectivity index (χ1n) is 10.1. The fourth-order valence-electron chi connectivity index (χ4n) is 4.18. The van der Waals surface area contributed by atoms with Crippen LogP contribution in [0.4, 0.5) is 0 Å². The van der Waals surface area contributed by atoms with Crippen LogP contribution < -0.4 is 4.74 Å². The number of fused-ring (bicyclic) bond motifs is 3. The fourth-order valence-corrected chi connectivity index (χ4v) is 4.48. The zero-order chi connectivity index (χ0) is 19.5. The van der Waals surface area contributed by atoms with Gasteiger partial charge in [0.2, 0.25) is 0 Å². The van der Waals surface area contributed by atoms with Crippen molar-refractivity contribution in [3.05, 3.63) is 63.8 Å². The van der Waals surface area contributed by atoms with Gasteiger partial charge < -0.3 is 9.30 Å². The predicted octanol–water partition coefficient (Wildman–Crippen LogP) is 6.19. The lowest BCUT2D eigenvalue weighted by Gasteiger charge is -2.27. The van der Waals surface area contributed by atoms with E-state index in [-0.39, 0.29) is 0 Å². The van der Waals surface area contributed by atoms with Crippen LogP contribution in [-0.4, -0.2) is 29.2 Å². The largest absolute Gasteiger partial charge is 0.494 e. The highest BCUT2D eigenvalue weighted by molar-refractivity contribution is 6.31. The van der Waals surface area contributed by atoms with Crippen molar-refractivity contribution in [2.24, 2.45) is 0 Å². The Labute approximate surface area is 176 Å². The van der Waals surface area contributed by atoms with Gasteiger partial charge in [-0.3, -0.25) is 4.90 Å². The normalized spacial score (nSPS) is 14.4. The Hall–Kier alpha value is -1.68. The minimum absolute atomic E-state index is 0.686. The number of benzene rings is 2. The van der Waals surface area contributed by atoms with Crippen LogP contribution in [0.25, 0.3) is 10.9 Å². The second kappa shape index (κ2) is 8.77. The van der Waals surface area contributed by atoms with Gasteiger partial charge in [-0.2, -0.15) is 0 Å². The van der Waals surface area contributed by atoms with Gasteiger partial charge in [0.1, 0.15) is 5.75 Å². The first-order chi connectivity index (χ1) is 13.7. The maximum absolute atomic E-state index is 6.32. The Balaban J connectivity index is 1.51. The van der Waals surface area contributed by atoms with Crippen LogP contribution in [0.3, 0.4) is 0 Å². The lowest BCUT2D eigenvalue weighted by atomic mass is 10.0. The van der Waals surface area contributed by atoms with E-state index < -0.39 is 0 Å². The number of aryl methyl sites for hydroxylation is 1. The van der Waals surface area contributed by atoms with Gasteiger partial charge in [0.15, 0.2) is 0 Å². The second-order valence-corrected chi connectivity index (χ2v) is 8.29. The van der Waals surface area contributed by atoms with E-state index in [0.717, 1.165) is 54.8 Å². The lowest BCUT2D eigenvalue weighted by molar-refractivity contribution is 0.251. The van der Waals surface area contributed by atoms with Crippen molar-refractivity contribution in [1.29, 1.82) is 0 Å². The van der Waals surface area contributed by atoms with Crippen LogP contribution >= 0.6 is 23.2 Å². The number of hydrogen-bond donors (Lipinski definition) is 0. The van der Waals surface area contributed by atoms with Crippen LogP contribution in [-0.2, 0) is 19.5 Å². The van der Waals surface area contributed by atoms with Gasteiger partial charge in [0.25, 0.3) is 0 Å². The van der Waals surface area contributed by atoms with Gasteiger partial charge in [0.05, 0.1) is 6.61 Å². The minimum atomic E-state index is 0.686. The molecule has 2 aromatic carbocycles. The molecule has 1 aliphatic rings. The molecule has 2 heterocycles. The molecule has 0 atom stereocenters. The Morgan fingerprint density at radius 3 is 2.57 bits per heavy atom. The van der Waals surface area contributed by atoms with Crippen LogP contribution in [0.1, 0.15) is 31.0 Å². The summed E-state index contributed by atoms with van der Waals surface area (Å²) in [5.41, 5.74) is 4.21. The molecule has 1 aromatic heterocycles. The summed E-state index contributed by atoms with van der Waals surface area (Å²) in [7, 11) is 0. The molecule has 3 aromatic rings. The van der Waals surface area contributed by atoms with Gasteiger partial charge >= 0.3 is 0 Å². The molecule has 5 heteroatoms. The van der Waals surface area contributed by atoms with Crippen molar-refractivity contribution in [3.63, 3.8) is 0 Å². The van der Waals surface area contributed by atoms with E-state index in [1.165, 1.54) is 28.6 Å². The molecule has 0 N–H and O–H groups in total. The van der Waals surface area contributed by atoms with Crippen LogP contribution in [0, 0.1) is 0 Å². The Morgan fingerprint density at radius 1 is 1.00 bits per heavy atom. The summed E-state index contributed by atoms with van der Waals surface area (Å²) < 4.78 is 8.36. The van der Waals surface area contributed by atoms with Crippen molar-refractivity contribution in [2.45, 2.75) is 39.3 Å². The molecule has 0 unspecified atom stereocenters. The maximum atomic E-state index is 6.32. The zero-order valence-electron chi connectivity index (χ0n) is 16.3. The minimum Gasteiger partial charge on any atom is -0.494 e. The molecule has 28 heavy (non-hydrogen) atoms. The van der Waals surface area contributed by atoms with Gasteiger partial charge in [0, 0.05) is 52.7 Å². The molecule has 4 rings (SSSR count). The molecule has 3 nitrogen and oxygen atoms in total. The van der Waals surface area contributed by atoms with E-state index >= 15 is 0 Å². The zero-order valence-corrected chi connectivity index (χ0v) is 17.8. The number of halogens is 2. The van der Waals surface area contributed by atoms with E-state index in [2.05, 4.69) is 28.5 Å². The van der Waals surface area contributed by atoms with Gasteiger partial charge in [-0.15, -0.1) is 0 Å². The fraction of sp³-hybridized carbons (Fsp3) is 0.391. The topological polar surface area (TPSA) is 17.4 Å². The third kappa shape index (κ3) is 4.17. The molecule has 0 amide bonds. The highest BCUT2D eigenvalue weighted by Crippen LogP contribution is 2.33. The summed E-state index contributed by atoms with van der Waals surface area (Å²) in [5.74, 6) is 0.866. The number of ether oxygens (including phenoxy) is 1. The number of hydrogen-bond acceptors (Lipinski definition) is 2. The van der Waals surface area contributed by atoms with Gasteiger partial charge in [-0.1, -0.05) is 30.1 Å². The first kappa shape index (κ1) is 19.6. The highest BCUT2D eigenvalue weighted by atomic mass is 35.5. The van der Waals surface area contributed by atoms with Crippen LogP contribution in [0.15, 0.2) is 42.5 Å². The third-order valence-corrected chi connectivity index (χ3v) is 5.93. The molecular weight excluding hydrogens is 391 g/mol. The summed E-state index contributed by atoms with van der Waals surface area (Å²) in [6, 6.07) is 13.8. The SMILES string of the molecule is CCCN1CCc2c(c3cc(Cl)ccc3n2CCCOc2ccc(Cl)cc2)C1. The predicted molar refractivity (Wildman–Crippen MR) is 118 cm³/mol. The molecule has 1 aliphatic heterocycles. The van der Waals surface area contributed by atoms with E-state index in [1.807, 2.05) is 30.3 Å². The van der Waals surface area contributed by atoms with Crippen molar-refractivity contribution in [3.8, 4) is 5.75 Å². The van der Waals surface area contributed by atoms with Gasteiger partial charge in [-0.25, -0.2) is 0 Å². The Kier molecular flexibility index (Phi) is 6.15. The van der Waals surface area contributed by atoms with Crippen molar-refractivity contribution < 1.29 is 4.74 Å². The van der Waals surface area contributed by atoms with Crippen molar-refractivity contribution >= 4 is 34.1 Å². The number of rotatable bonds is 7. The van der Waals surface area contributed by atoms with Gasteiger partial charge in [-0.05, 0) is 67.4 Å². The molecule has 0 saturated heterocycles. The molecule has 0 spiro atoms. The second-order valence-electron chi connectivity index (χ2n) is 7.42. The summed E-state index contributed by atoms with van der Waals surface area (Å²) in [6.45, 7) is 7.19. The molecular formula is C23H26Cl2N2O. The van der Waals surface area contributed by atoms with E-state index in [0.29, 0.717) is 6.61 Å². The number of nitrogens with zero attached hydrogens (tertiary/aromatic N) is 2. The molecule has 0 radical (unpaired) electrons. The summed E-state index contributed by atoms with van der Waals surface area (Å²) >= 11 is 12.3. The molecule has 0 bridgehead atoms. The average Bonchev–Trinajstić information content (AvgIpc) is 2.99. The monoisotopic (exact) mass is 416 g/mol. The van der Waals surface area contributed by atoms with E-state index in [4.69, 9.17) is 27.9 Å². The lowest BCUT2D eigenvalue weighted by Crippen LogP contribution is -2.31. The van der Waals surface area contributed by atoms with Crippen LogP contribution in [0.2, 0.25) is 10.0 Å². The smallest absolute Gasteiger partial charge is 0.119 e. The third-order valence-electron chi connectivity index (χ3n) is 5.44. The molecule has 0 saturated carbocycles. The Bertz CT molecular complexity index is 949. The summed E-state index contributed by atoms with van der Waals surface area (Å²) in [5, 5.41) is 2.85. The van der Waals surface area contributed by atoms with Crippen LogP contribution in [0.5, 0.6) is 5.75 Å². The van der Waals surface area contributed by atoms with Crippen molar-refractivity contribution in [2.75, 3.05) is 19.7 Å². The Morgan fingerprint density at radius 2 is 1.79 bits per heavy atom. The quantitative estimate of drug-likeness (QED) is 0.427. The van der Waals surface area contributed by atoms with E-state index in [1.54, 1.807) is 0 Å². The highest BCUT2D eigenvalue weighted by Gasteiger charge is 2.23. The van der Waals surface area contributed by atoms with E-state index in [9.17, 15) is 0 Å². The first-order valence-corrected chi connectivity index (χ1v) is 10.8. The molecule has 148 valence electrons. The summed E-state index contributed by atoms with van der Waals surface area (Å²) in [6.07, 6.45) is 3.25. The number of aromatic nitrogens is 1. The van der Waals surface area contributed by atoms with Crippen molar-refractivity contribution in [1.82, 2.24) is 9.47 Å².